The molecule has 0 heterocycles. The Bertz CT molecular complexity index is 376. The molecule has 140 valence electrons. The number of hydroxylamine groups is 3. The molecule has 0 amide bonds. The minimum Gasteiger partial charge on any atom is -0.619 e. The maximum absolute atomic E-state index is 12.6. The van der Waals surface area contributed by atoms with Crippen LogP contribution in [0, 0.1) is 5.21 Å². The van der Waals surface area contributed by atoms with Crippen molar-refractivity contribution >= 4 is 0 Å². The van der Waals surface area contributed by atoms with E-state index < -0.39 is 41.3 Å². The molecule has 0 radical (unpaired) electrons. The summed E-state index contributed by atoms with van der Waals surface area (Å²) < 4.78 is 174. The van der Waals surface area contributed by atoms with Gasteiger partial charge in [0.1, 0.15) is 0 Å². The molecule has 0 fully saturated rings. The fourth-order valence-corrected chi connectivity index (χ4v) is 1.06. The minimum absolute atomic E-state index is 7.59. The predicted octanol–water partition coefficient (Wildman–Crippen LogP) is 4.77. The van der Waals surface area contributed by atoms with Gasteiger partial charge in [-0.3, -0.25) is 0 Å². The third kappa shape index (κ3) is 2.66. The Morgan fingerprint density at radius 1 is 0.391 bits per heavy atom. The Kier molecular flexibility index (Phi) is 4.69. The van der Waals surface area contributed by atoms with Crippen LogP contribution in [0.2, 0.25) is 0 Å². The van der Waals surface area contributed by atoms with Crippen LogP contribution in [0.25, 0.3) is 0 Å². The van der Waals surface area contributed by atoms with E-state index in [2.05, 4.69) is 0 Å². The zero-order valence-electron chi connectivity index (χ0n) is 9.52. The summed E-state index contributed by atoms with van der Waals surface area (Å²) >= 11 is 0. The molecule has 0 aromatic heterocycles. The van der Waals surface area contributed by atoms with Crippen LogP contribution >= 0.6 is 0 Å². The molecule has 0 aliphatic carbocycles. The van der Waals surface area contributed by atoms with Crippen molar-refractivity contribution in [3.63, 3.8) is 0 Å². The SMILES string of the molecule is [O-][N+](C(F)(F)C(F)(F)F)(C(F)(F)C(F)(F)F)C(F)(F)C(F)(F)F. The van der Waals surface area contributed by atoms with E-state index in [1.54, 1.807) is 0 Å². The number of quaternary nitrogens is 1. The summed E-state index contributed by atoms with van der Waals surface area (Å²) in [6, 6.07) is -25.2. The van der Waals surface area contributed by atoms with Crippen LogP contribution in [0.4, 0.5) is 65.9 Å². The van der Waals surface area contributed by atoms with Gasteiger partial charge in [-0.25, -0.2) is 0 Å². The Morgan fingerprint density at radius 3 is 0.609 bits per heavy atom. The predicted molar refractivity (Wildman–Crippen MR) is 36.6 cm³/mol. The normalized spacial score (nSPS) is 16.7. The van der Waals surface area contributed by atoms with Crippen molar-refractivity contribution < 1.29 is 70.5 Å². The topological polar surface area (TPSA) is 23.1 Å². The second-order valence-corrected chi connectivity index (χ2v) is 3.73. The van der Waals surface area contributed by atoms with E-state index in [1.165, 1.54) is 0 Å². The third-order valence-electron chi connectivity index (χ3n) is 2.21. The number of rotatable bonds is 3. The van der Waals surface area contributed by atoms with Gasteiger partial charge < -0.3 is 5.21 Å². The summed E-state index contributed by atoms with van der Waals surface area (Å²) in [4.78, 5) is 0. The van der Waals surface area contributed by atoms with Crippen molar-refractivity contribution in [3.8, 4) is 0 Å². The Morgan fingerprint density at radius 2 is 0.522 bits per heavy atom. The van der Waals surface area contributed by atoms with Gasteiger partial charge in [0.25, 0.3) is 0 Å². The standard InChI is InChI=1S/C6F15NO/c7-1(8,9)4(16,17)22(23,5(18,19)2(10,11)12)6(20,21)3(13,14)15. The molecule has 0 atom stereocenters. The first-order valence-electron chi connectivity index (χ1n) is 4.44. The zero-order chi connectivity index (χ0) is 19.5. The fourth-order valence-electron chi connectivity index (χ4n) is 1.06. The first-order valence-corrected chi connectivity index (χ1v) is 4.44. The van der Waals surface area contributed by atoms with Gasteiger partial charge in [-0.1, -0.05) is 0 Å². The molecule has 0 aromatic carbocycles. The maximum atomic E-state index is 12.6. The zero-order valence-corrected chi connectivity index (χ0v) is 9.52. The molecule has 0 saturated heterocycles. The molecule has 0 bridgehead atoms. The van der Waals surface area contributed by atoms with Crippen LogP contribution in [-0.2, 0) is 0 Å². The summed E-state index contributed by atoms with van der Waals surface area (Å²) in [6.07, 6.45) is -23.7. The van der Waals surface area contributed by atoms with Crippen LogP contribution in [0.1, 0.15) is 0 Å². The van der Waals surface area contributed by atoms with E-state index in [9.17, 15) is 71.1 Å². The largest absolute Gasteiger partial charge is 0.619 e. The maximum Gasteiger partial charge on any atom is 0.515 e. The average Bonchev–Trinajstić information content (AvgIpc) is 2.22. The Balaban J connectivity index is 6.97. The van der Waals surface area contributed by atoms with E-state index in [0.29, 0.717) is 0 Å². The lowest BCUT2D eigenvalue weighted by atomic mass is 10.2. The average molecular weight is 387 g/mol. The van der Waals surface area contributed by atoms with Crippen LogP contribution in [-0.4, -0.2) is 41.3 Å². The van der Waals surface area contributed by atoms with Gasteiger partial charge in [0.2, 0.25) is 0 Å². The second-order valence-electron chi connectivity index (χ2n) is 3.73. The van der Waals surface area contributed by atoms with Crippen LogP contribution in [0.3, 0.4) is 0 Å². The number of hydrogen-bond acceptors (Lipinski definition) is 1. The molecule has 0 aromatic rings. The first-order chi connectivity index (χ1) is 9.50. The minimum atomic E-state index is -8.38. The molecule has 0 saturated carbocycles. The van der Waals surface area contributed by atoms with Gasteiger partial charge in [0.15, 0.2) is 0 Å². The highest BCUT2D eigenvalue weighted by Gasteiger charge is 2.94. The van der Waals surface area contributed by atoms with Gasteiger partial charge >= 0.3 is 36.7 Å². The van der Waals surface area contributed by atoms with Gasteiger partial charge in [0.05, 0.1) is 0 Å². The molecular weight excluding hydrogens is 387 g/mol. The van der Waals surface area contributed by atoms with Gasteiger partial charge in [-0.05, 0) is 0 Å². The molecule has 2 nitrogen and oxygen atoms in total. The summed E-state index contributed by atoms with van der Waals surface area (Å²) in [7, 11) is 0. The van der Waals surface area contributed by atoms with Gasteiger partial charge in [-0.15, -0.1) is 26.3 Å². The van der Waals surface area contributed by atoms with Crippen molar-refractivity contribution in [2.24, 2.45) is 0 Å². The molecule has 0 rings (SSSR count). The Labute approximate surface area is 114 Å². The number of alkyl halides is 15. The second kappa shape index (κ2) is 4.93. The van der Waals surface area contributed by atoms with Crippen LogP contribution < -0.4 is 0 Å². The Hall–Kier alpha value is -1.13. The molecule has 0 aliphatic heterocycles. The number of nitrogens with zero attached hydrogens (tertiary/aromatic N) is 1. The van der Waals surface area contributed by atoms with Crippen molar-refractivity contribution in [2.75, 3.05) is 0 Å². The highest BCUT2D eigenvalue weighted by atomic mass is 19.4. The lowest BCUT2D eigenvalue weighted by Crippen LogP contribution is -2.82. The van der Waals surface area contributed by atoms with Gasteiger partial charge in [0, 0.05) is 0 Å². The first kappa shape index (κ1) is 21.9. The van der Waals surface area contributed by atoms with E-state index in [1.807, 2.05) is 0 Å². The van der Waals surface area contributed by atoms with E-state index in [4.69, 9.17) is 0 Å². The molecule has 23 heavy (non-hydrogen) atoms. The molecule has 17 heteroatoms. The van der Waals surface area contributed by atoms with Gasteiger partial charge in [-0.2, -0.15) is 44.2 Å². The quantitative estimate of drug-likeness (QED) is 0.296. The smallest absolute Gasteiger partial charge is 0.515 e. The van der Waals surface area contributed by atoms with E-state index >= 15 is 0 Å². The fraction of sp³-hybridized carbons (Fsp3) is 1.00. The highest BCUT2D eigenvalue weighted by Crippen LogP contribution is 2.61. The van der Waals surface area contributed by atoms with E-state index in [0.717, 1.165) is 0 Å². The summed E-state index contributed by atoms with van der Waals surface area (Å²) in [6.45, 7) is 0. The van der Waals surface area contributed by atoms with Crippen molar-refractivity contribution in [2.45, 2.75) is 36.7 Å². The molecule has 0 unspecified atom stereocenters. The number of hydrogen-bond donors (Lipinski definition) is 0. The molecule has 0 N–H and O–H groups in total. The lowest BCUT2D eigenvalue weighted by Gasteiger charge is -2.52. The third-order valence-corrected chi connectivity index (χ3v) is 2.21. The lowest BCUT2D eigenvalue weighted by molar-refractivity contribution is -1.13. The van der Waals surface area contributed by atoms with Crippen LogP contribution in [0.5, 0.6) is 0 Å². The molecular formula is C6F15NO. The number of halogens is 15. The highest BCUT2D eigenvalue weighted by molar-refractivity contribution is 4.83. The van der Waals surface area contributed by atoms with Crippen LogP contribution in [0.15, 0.2) is 0 Å². The summed E-state index contributed by atoms with van der Waals surface area (Å²) in [5, 5.41) is 10.6. The van der Waals surface area contributed by atoms with E-state index in [-0.39, 0.29) is 0 Å². The monoisotopic (exact) mass is 387 g/mol. The summed E-state index contributed by atoms with van der Waals surface area (Å²) in [5.74, 6) is 0. The summed E-state index contributed by atoms with van der Waals surface area (Å²) in [5.41, 5.74) is 0. The molecule has 0 spiro atoms. The van der Waals surface area contributed by atoms with Crippen molar-refractivity contribution in [1.82, 2.24) is 0 Å². The molecule has 0 aliphatic rings. The van der Waals surface area contributed by atoms with Crippen molar-refractivity contribution in [3.05, 3.63) is 5.21 Å². The van der Waals surface area contributed by atoms with Crippen molar-refractivity contribution in [1.29, 1.82) is 0 Å².